The predicted octanol–water partition coefficient (Wildman–Crippen LogP) is 5.64. The topological polar surface area (TPSA) is 84.9 Å². The van der Waals surface area contributed by atoms with Crippen molar-refractivity contribution in [3.05, 3.63) is 118 Å². The first-order valence-corrected chi connectivity index (χ1v) is 12.4. The normalized spacial score (nSPS) is 19.1. The van der Waals surface area contributed by atoms with Crippen LogP contribution in [0.2, 0.25) is 0 Å². The number of nitrogens with one attached hydrogen (secondary N) is 1. The highest BCUT2D eigenvalue weighted by Crippen LogP contribution is 2.47. The molecule has 38 heavy (non-hydrogen) atoms. The molecule has 0 amide bonds. The van der Waals surface area contributed by atoms with E-state index in [-0.39, 0.29) is 36.3 Å². The monoisotopic (exact) mass is 513 g/mol. The Labute approximate surface area is 220 Å². The number of Topliss-reactive ketones (excluding diaryl/α,β-unsaturated/α-hetero) is 1. The van der Waals surface area contributed by atoms with Crippen LogP contribution >= 0.6 is 0 Å². The molecule has 5 rings (SSSR count). The summed E-state index contributed by atoms with van der Waals surface area (Å²) in [5.74, 6) is -1.07. The molecule has 1 heterocycles. The van der Waals surface area contributed by atoms with Gasteiger partial charge >= 0.3 is 5.97 Å². The number of hydrogen-bond acceptors (Lipinski definition) is 6. The maximum Gasteiger partial charge on any atom is 0.337 e. The summed E-state index contributed by atoms with van der Waals surface area (Å²) < 4.78 is 24.5. The van der Waals surface area contributed by atoms with Crippen LogP contribution in [0.25, 0.3) is 0 Å². The van der Waals surface area contributed by atoms with E-state index >= 15 is 0 Å². The molecular formula is C31H28FNO5. The molecule has 2 N–H and O–H groups in total. The molecular weight excluding hydrogens is 485 g/mol. The van der Waals surface area contributed by atoms with Crippen LogP contribution in [-0.4, -0.2) is 24.0 Å². The third-order valence-corrected chi connectivity index (χ3v) is 7.11. The van der Waals surface area contributed by atoms with E-state index in [1.165, 1.54) is 12.1 Å². The highest BCUT2D eigenvalue weighted by Gasteiger charge is 2.42. The number of benzene rings is 3. The number of ketones is 1. The zero-order chi connectivity index (χ0) is 26.8. The average Bonchev–Trinajstić information content (AvgIpc) is 2.91. The molecule has 3 aromatic rings. The number of phenolic OH excluding ortho intramolecular Hbond substituents is 1. The Morgan fingerprint density at radius 3 is 2.55 bits per heavy atom. The molecule has 6 nitrogen and oxygen atoms in total. The first-order chi connectivity index (χ1) is 18.4. The SMILES string of the molecule is COc1ccccc1C1CC(=O)C2=C(C1)NC(C)=C(C(=O)OCc1ccc(F)cc1)C2c1cccc(O)c1. The summed E-state index contributed by atoms with van der Waals surface area (Å²) >= 11 is 0. The number of dihydropyridines is 1. The quantitative estimate of drug-likeness (QED) is 0.415. The van der Waals surface area contributed by atoms with Gasteiger partial charge in [-0.15, -0.1) is 0 Å². The molecule has 2 atom stereocenters. The van der Waals surface area contributed by atoms with E-state index in [2.05, 4.69) is 5.32 Å². The lowest BCUT2D eigenvalue weighted by molar-refractivity contribution is -0.140. The maximum atomic E-state index is 13.8. The first-order valence-electron chi connectivity index (χ1n) is 12.4. The fraction of sp³-hybridized carbons (Fsp3) is 0.226. The van der Waals surface area contributed by atoms with Gasteiger partial charge in [-0.25, -0.2) is 9.18 Å². The van der Waals surface area contributed by atoms with E-state index in [4.69, 9.17) is 9.47 Å². The summed E-state index contributed by atoms with van der Waals surface area (Å²) in [6.07, 6.45) is 0.819. The predicted molar refractivity (Wildman–Crippen MR) is 140 cm³/mol. The third kappa shape index (κ3) is 4.92. The van der Waals surface area contributed by atoms with Crippen molar-refractivity contribution in [3.63, 3.8) is 0 Å². The molecule has 0 saturated carbocycles. The van der Waals surface area contributed by atoms with Gasteiger partial charge in [0.25, 0.3) is 0 Å². The standard InChI is InChI=1S/C31H28FNO5/c1-18-28(31(36)38-17-19-10-12-22(32)13-11-19)29(20-6-5-7-23(34)14-20)30-25(33-18)15-21(16-26(30)35)24-8-3-4-9-27(24)37-2/h3-14,21,29,33-34H,15-17H2,1-2H3. The highest BCUT2D eigenvalue weighted by atomic mass is 19.1. The Balaban J connectivity index is 1.51. The van der Waals surface area contributed by atoms with Crippen LogP contribution in [0, 0.1) is 5.82 Å². The van der Waals surface area contributed by atoms with Gasteiger partial charge in [0, 0.05) is 35.2 Å². The number of ether oxygens (including phenoxy) is 2. The van der Waals surface area contributed by atoms with Gasteiger partial charge in [0.1, 0.15) is 23.9 Å². The average molecular weight is 514 g/mol. The van der Waals surface area contributed by atoms with Crippen LogP contribution in [0.3, 0.4) is 0 Å². The zero-order valence-corrected chi connectivity index (χ0v) is 21.2. The van der Waals surface area contributed by atoms with Crippen molar-refractivity contribution in [1.82, 2.24) is 5.32 Å². The maximum absolute atomic E-state index is 13.8. The van der Waals surface area contributed by atoms with Gasteiger partial charge in [-0.2, -0.15) is 0 Å². The van der Waals surface area contributed by atoms with E-state index in [0.29, 0.717) is 34.4 Å². The van der Waals surface area contributed by atoms with E-state index in [0.717, 1.165) is 17.0 Å². The number of carbonyl (C=O) groups excluding carboxylic acids is 2. The van der Waals surface area contributed by atoms with E-state index in [1.807, 2.05) is 24.3 Å². The van der Waals surface area contributed by atoms with E-state index in [9.17, 15) is 19.1 Å². The molecule has 0 aromatic heterocycles. The minimum absolute atomic E-state index is 0.0371. The Morgan fingerprint density at radius 1 is 1.05 bits per heavy atom. The lowest BCUT2D eigenvalue weighted by Gasteiger charge is -2.37. The first kappa shape index (κ1) is 25.3. The highest BCUT2D eigenvalue weighted by molar-refractivity contribution is 6.04. The van der Waals surface area contributed by atoms with Crippen molar-refractivity contribution >= 4 is 11.8 Å². The second kappa shape index (κ2) is 10.5. The molecule has 7 heteroatoms. The van der Waals surface area contributed by atoms with Crippen molar-refractivity contribution < 1.29 is 28.6 Å². The summed E-state index contributed by atoms with van der Waals surface area (Å²) in [6.45, 7) is 1.74. The molecule has 194 valence electrons. The minimum atomic E-state index is -0.704. The molecule has 3 aromatic carbocycles. The molecule has 0 bridgehead atoms. The Bertz CT molecular complexity index is 1460. The molecule has 0 radical (unpaired) electrons. The van der Waals surface area contributed by atoms with Crippen molar-refractivity contribution in [2.75, 3.05) is 7.11 Å². The molecule has 2 unspecified atom stereocenters. The number of halogens is 1. The summed E-state index contributed by atoms with van der Waals surface area (Å²) in [6, 6.07) is 20.0. The number of carbonyl (C=O) groups is 2. The molecule has 0 saturated heterocycles. The summed E-state index contributed by atoms with van der Waals surface area (Å²) in [5, 5.41) is 13.5. The number of aromatic hydroxyl groups is 1. The Morgan fingerprint density at radius 2 is 1.82 bits per heavy atom. The lowest BCUT2D eigenvalue weighted by Crippen LogP contribution is -2.36. The molecule has 0 spiro atoms. The summed E-state index contributed by atoms with van der Waals surface area (Å²) in [5.41, 5.74) is 4.35. The number of allylic oxidation sites excluding steroid dienone is 3. The van der Waals surface area contributed by atoms with Crippen LogP contribution in [0.1, 0.15) is 48.3 Å². The largest absolute Gasteiger partial charge is 0.508 e. The Kier molecular flexibility index (Phi) is 7.01. The van der Waals surface area contributed by atoms with E-state index < -0.39 is 11.9 Å². The number of rotatable bonds is 6. The van der Waals surface area contributed by atoms with Crippen molar-refractivity contribution in [2.24, 2.45) is 0 Å². The van der Waals surface area contributed by atoms with Gasteiger partial charge in [0.15, 0.2) is 5.78 Å². The number of phenols is 1. The fourth-order valence-electron chi connectivity index (χ4n) is 5.38. The number of esters is 1. The van der Waals surface area contributed by atoms with Gasteiger partial charge in [0.2, 0.25) is 0 Å². The van der Waals surface area contributed by atoms with Crippen molar-refractivity contribution in [1.29, 1.82) is 0 Å². The van der Waals surface area contributed by atoms with Crippen molar-refractivity contribution in [3.8, 4) is 11.5 Å². The van der Waals surface area contributed by atoms with Crippen LogP contribution in [-0.2, 0) is 20.9 Å². The second-order valence-corrected chi connectivity index (χ2v) is 9.56. The van der Waals surface area contributed by atoms with Gasteiger partial charge in [-0.1, -0.05) is 42.5 Å². The van der Waals surface area contributed by atoms with Gasteiger partial charge in [-0.05, 0) is 60.4 Å². The fourth-order valence-corrected chi connectivity index (χ4v) is 5.38. The zero-order valence-electron chi connectivity index (χ0n) is 21.2. The number of hydrogen-bond donors (Lipinski definition) is 2. The lowest BCUT2D eigenvalue weighted by atomic mass is 9.71. The number of para-hydroxylation sites is 1. The minimum Gasteiger partial charge on any atom is -0.508 e. The summed E-state index contributed by atoms with van der Waals surface area (Å²) in [4.78, 5) is 27.2. The van der Waals surface area contributed by atoms with Gasteiger partial charge in [0.05, 0.1) is 12.7 Å². The van der Waals surface area contributed by atoms with Crippen LogP contribution < -0.4 is 10.1 Å². The molecule has 2 aliphatic rings. The van der Waals surface area contributed by atoms with Crippen LogP contribution in [0.15, 0.2) is 95.3 Å². The van der Waals surface area contributed by atoms with E-state index in [1.54, 1.807) is 50.4 Å². The summed E-state index contributed by atoms with van der Waals surface area (Å²) in [7, 11) is 1.61. The van der Waals surface area contributed by atoms with Crippen molar-refractivity contribution in [2.45, 2.75) is 38.2 Å². The van der Waals surface area contributed by atoms with Gasteiger partial charge in [-0.3, -0.25) is 4.79 Å². The number of methoxy groups -OCH3 is 1. The second-order valence-electron chi connectivity index (χ2n) is 9.56. The Hall–Kier alpha value is -4.39. The van der Waals surface area contributed by atoms with Crippen LogP contribution in [0.4, 0.5) is 4.39 Å². The third-order valence-electron chi connectivity index (χ3n) is 7.11. The smallest absolute Gasteiger partial charge is 0.337 e. The molecule has 0 fully saturated rings. The van der Waals surface area contributed by atoms with Gasteiger partial charge < -0.3 is 19.9 Å². The molecule has 1 aliphatic carbocycles. The molecule has 1 aliphatic heterocycles. The van der Waals surface area contributed by atoms with Crippen LogP contribution in [0.5, 0.6) is 11.5 Å².